The maximum absolute atomic E-state index is 3.46. The Kier molecular flexibility index (Phi) is 1.02. The van der Waals surface area contributed by atoms with Gasteiger partial charge in [0, 0.05) is 12.1 Å². The third-order valence-electron chi connectivity index (χ3n) is 2.21. The molecule has 0 aliphatic carbocycles. The Bertz CT molecular complexity index is 72.5. The van der Waals surface area contributed by atoms with E-state index in [1.54, 1.807) is 0 Å². The van der Waals surface area contributed by atoms with Crippen molar-refractivity contribution in [2.75, 3.05) is 13.1 Å². The Morgan fingerprint density at radius 2 is 1.38 bits per heavy atom. The lowest BCUT2D eigenvalue weighted by Gasteiger charge is -2.05. The lowest BCUT2D eigenvalue weighted by molar-refractivity contribution is 0.576. The summed E-state index contributed by atoms with van der Waals surface area (Å²) >= 11 is 0. The fraction of sp³-hybridized carbons (Fsp3) is 1.00. The summed E-state index contributed by atoms with van der Waals surface area (Å²) in [5.41, 5.74) is 0. The smallest absolute Gasteiger partial charge is 0.0233 e. The van der Waals surface area contributed by atoms with Gasteiger partial charge in [-0.2, -0.15) is 0 Å². The van der Waals surface area contributed by atoms with Crippen LogP contribution in [-0.2, 0) is 0 Å². The zero-order valence-electron chi connectivity index (χ0n) is 4.98. The normalized spacial score (nSPS) is 45.0. The van der Waals surface area contributed by atoms with Gasteiger partial charge in [0.25, 0.3) is 0 Å². The summed E-state index contributed by atoms with van der Waals surface area (Å²) < 4.78 is 0. The maximum Gasteiger partial charge on any atom is 0.0233 e. The second-order valence-corrected chi connectivity index (χ2v) is 2.70. The summed E-state index contributed by atoms with van der Waals surface area (Å²) in [7, 11) is 0. The number of rotatable bonds is 0. The van der Waals surface area contributed by atoms with Gasteiger partial charge in [0.2, 0.25) is 0 Å². The maximum atomic E-state index is 3.46. The zero-order chi connectivity index (χ0) is 5.40. The van der Waals surface area contributed by atoms with Crippen molar-refractivity contribution in [2.45, 2.75) is 24.9 Å². The van der Waals surface area contributed by atoms with Crippen LogP contribution in [0.25, 0.3) is 0 Å². The minimum absolute atomic E-state index is 0.815. The predicted octanol–water partition coefficient (Wildman–Crippen LogP) is -0.290. The first kappa shape index (κ1) is 4.77. The largest absolute Gasteiger partial charge is 0.312 e. The van der Waals surface area contributed by atoms with Gasteiger partial charge in [-0.25, -0.2) is 0 Å². The number of hydrogen-bond donors (Lipinski definition) is 2. The quantitative estimate of drug-likeness (QED) is 0.450. The number of fused-ring (bicyclic) bond motifs is 1. The van der Waals surface area contributed by atoms with Gasteiger partial charge in [-0.15, -0.1) is 0 Å². The molecular formula is C6H12N2. The molecule has 0 aromatic carbocycles. The Hall–Kier alpha value is -0.0800. The van der Waals surface area contributed by atoms with Gasteiger partial charge in [-0.05, 0) is 25.9 Å². The first-order chi connectivity index (χ1) is 3.97. The van der Waals surface area contributed by atoms with E-state index in [2.05, 4.69) is 10.6 Å². The molecule has 2 aliphatic rings. The second-order valence-electron chi connectivity index (χ2n) is 2.70. The van der Waals surface area contributed by atoms with E-state index >= 15 is 0 Å². The van der Waals surface area contributed by atoms with Crippen molar-refractivity contribution in [3.05, 3.63) is 0 Å². The van der Waals surface area contributed by atoms with Crippen LogP contribution in [0.4, 0.5) is 0 Å². The highest BCUT2D eigenvalue weighted by Gasteiger charge is 2.29. The predicted molar refractivity (Wildman–Crippen MR) is 32.8 cm³/mol. The molecule has 2 saturated heterocycles. The Balaban J connectivity index is 2.04. The molecule has 0 amide bonds. The summed E-state index contributed by atoms with van der Waals surface area (Å²) in [6, 6.07) is 1.63. The third kappa shape index (κ3) is 0.565. The van der Waals surface area contributed by atoms with Crippen molar-refractivity contribution in [1.29, 1.82) is 0 Å². The van der Waals surface area contributed by atoms with Crippen LogP contribution in [0.1, 0.15) is 12.8 Å². The monoisotopic (exact) mass is 112 g/mol. The van der Waals surface area contributed by atoms with E-state index in [-0.39, 0.29) is 0 Å². The van der Waals surface area contributed by atoms with Crippen molar-refractivity contribution in [1.82, 2.24) is 10.6 Å². The average Bonchev–Trinajstić information content (AvgIpc) is 2.15. The molecule has 2 heteroatoms. The van der Waals surface area contributed by atoms with Crippen LogP contribution in [0.3, 0.4) is 0 Å². The van der Waals surface area contributed by atoms with E-state index in [1.807, 2.05) is 0 Å². The lowest BCUT2D eigenvalue weighted by Crippen LogP contribution is -2.29. The molecule has 46 valence electrons. The Morgan fingerprint density at radius 1 is 0.875 bits per heavy atom. The summed E-state index contributed by atoms with van der Waals surface area (Å²) in [6.45, 7) is 2.45. The van der Waals surface area contributed by atoms with Gasteiger partial charge in [0.1, 0.15) is 0 Å². The van der Waals surface area contributed by atoms with Crippen LogP contribution in [-0.4, -0.2) is 25.2 Å². The van der Waals surface area contributed by atoms with Crippen LogP contribution in [0.5, 0.6) is 0 Å². The molecule has 2 nitrogen and oxygen atoms in total. The van der Waals surface area contributed by atoms with E-state index in [1.165, 1.54) is 25.9 Å². The first-order valence-electron chi connectivity index (χ1n) is 3.43. The molecule has 0 unspecified atom stereocenters. The first-order valence-corrected chi connectivity index (χ1v) is 3.43. The van der Waals surface area contributed by atoms with Crippen LogP contribution in [0.15, 0.2) is 0 Å². The fourth-order valence-electron chi connectivity index (χ4n) is 1.74. The van der Waals surface area contributed by atoms with E-state index in [0.29, 0.717) is 0 Å². The Morgan fingerprint density at radius 3 is 1.88 bits per heavy atom. The standard InChI is InChI=1S/C6H12N2/c1-3-7-6-2-4-8-5(1)6/h5-8H,1-4H2/t5-,6+. The summed E-state index contributed by atoms with van der Waals surface area (Å²) in [6.07, 6.45) is 2.68. The molecule has 0 spiro atoms. The second kappa shape index (κ2) is 1.71. The fourth-order valence-corrected chi connectivity index (χ4v) is 1.74. The van der Waals surface area contributed by atoms with E-state index in [9.17, 15) is 0 Å². The zero-order valence-corrected chi connectivity index (χ0v) is 4.98. The SMILES string of the molecule is C1C[C@H]2NCC[C@@H]2N1. The third-order valence-corrected chi connectivity index (χ3v) is 2.21. The van der Waals surface area contributed by atoms with Crippen molar-refractivity contribution in [2.24, 2.45) is 0 Å². The Labute approximate surface area is 49.7 Å². The van der Waals surface area contributed by atoms with Gasteiger partial charge in [-0.3, -0.25) is 0 Å². The van der Waals surface area contributed by atoms with Crippen molar-refractivity contribution < 1.29 is 0 Å². The molecule has 0 radical (unpaired) electrons. The highest BCUT2D eigenvalue weighted by molar-refractivity contribution is 4.94. The van der Waals surface area contributed by atoms with E-state index in [4.69, 9.17) is 0 Å². The van der Waals surface area contributed by atoms with Crippen LogP contribution < -0.4 is 10.6 Å². The topological polar surface area (TPSA) is 24.1 Å². The van der Waals surface area contributed by atoms with Gasteiger partial charge >= 0.3 is 0 Å². The van der Waals surface area contributed by atoms with Gasteiger partial charge in [-0.1, -0.05) is 0 Å². The molecule has 2 aliphatic heterocycles. The van der Waals surface area contributed by atoms with E-state index in [0.717, 1.165) is 12.1 Å². The average molecular weight is 112 g/mol. The molecule has 0 bridgehead atoms. The molecule has 2 N–H and O–H groups in total. The van der Waals surface area contributed by atoms with Crippen molar-refractivity contribution in [3.8, 4) is 0 Å². The van der Waals surface area contributed by atoms with Crippen molar-refractivity contribution >= 4 is 0 Å². The molecule has 2 heterocycles. The summed E-state index contributed by atoms with van der Waals surface area (Å²) in [4.78, 5) is 0. The van der Waals surface area contributed by atoms with Gasteiger partial charge < -0.3 is 10.6 Å². The minimum atomic E-state index is 0.815. The molecular weight excluding hydrogens is 100 g/mol. The van der Waals surface area contributed by atoms with Crippen LogP contribution >= 0.6 is 0 Å². The molecule has 0 aromatic rings. The van der Waals surface area contributed by atoms with Gasteiger partial charge in [0.15, 0.2) is 0 Å². The molecule has 0 saturated carbocycles. The number of hydrogen-bond acceptors (Lipinski definition) is 2. The summed E-state index contributed by atoms with van der Waals surface area (Å²) in [5.74, 6) is 0. The number of nitrogens with one attached hydrogen (secondary N) is 2. The van der Waals surface area contributed by atoms with Crippen molar-refractivity contribution in [3.63, 3.8) is 0 Å². The molecule has 2 fully saturated rings. The lowest BCUT2D eigenvalue weighted by atomic mass is 10.1. The molecule has 2 atom stereocenters. The van der Waals surface area contributed by atoms with Crippen LogP contribution in [0, 0.1) is 0 Å². The molecule has 0 aromatic heterocycles. The molecule has 8 heavy (non-hydrogen) atoms. The van der Waals surface area contributed by atoms with Gasteiger partial charge in [0.05, 0.1) is 0 Å². The summed E-state index contributed by atoms with van der Waals surface area (Å²) in [5, 5.41) is 6.91. The highest BCUT2D eigenvalue weighted by Crippen LogP contribution is 2.14. The highest BCUT2D eigenvalue weighted by atomic mass is 15.1. The molecule has 2 rings (SSSR count). The van der Waals surface area contributed by atoms with E-state index < -0.39 is 0 Å². The van der Waals surface area contributed by atoms with Crippen LogP contribution in [0.2, 0.25) is 0 Å². The minimum Gasteiger partial charge on any atom is -0.312 e.